The summed E-state index contributed by atoms with van der Waals surface area (Å²) in [5, 5.41) is 20.8. The monoisotopic (exact) mass is 441 g/mol. The number of rotatable bonds is 11. The van der Waals surface area contributed by atoms with Crippen molar-refractivity contribution in [3.63, 3.8) is 0 Å². The lowest BCUT2D eigenvalue weighted by Crippen LogP contribution is -2.21. The number of fused-ring (bicyclic) bond motifs is 1. The molecule has 0 bridgehead atoms. The van der Waals surface area contributed by atoms with Crippen molar-refractivity contribution in [2.75, 3.05) is 0 Å². The fourth-order valence-electron chi connectivity index (χ4n) is 4.18. The minimum Gasteiger partial charge on any atom is -0.481 e. The van der Waals surface area contributed by atoms with Crippen LogP contribution in [0.5, 0.6) is 0 Å². The molecule has 0 spiro atoms. The Bertz CT molecular complexity index is 939. The molecule has 2 heterocycles. The van der Waals surface area contributed by atoms with Crippen molar-refractivity contribution in [2.45, 2.75) is 89.8 Å². The van der Waals surface area contributed by atoms with E-state index in [9.17, 15) is 9.90 Å². The van der Waals surface area contributed by atoms with E-state index in [1.165, 1.54) is 0 Å². The molecule has 1 aliphatic rings. The standard InChI is InChI=1S/C26H35NO5/c1-4-5-6-12-22(28)19-17-18-10-7-8-11-20(18)27-21(19)15-16-24-23(13-9-14-25(29)30)31-26(2,3)32-24/h7-8,10-11,15-17,22-24,28H,4-6,9,12-14H2,1-3H3,(H,29,30)/b16-15+/t22?,23-,24+/m0/s1. The van der Waals surface area contributed by atoms with E-state index in [1.807, 2.05) is 56.3 Å². The van der Waals surface area contributed by atoms with Gasteiger partial charge in [-0.15, -0.1) is 0 Å². The molecule has 2 N–H and O–H groups in total. The van der Waals surface area contributed by atoms with Crippen molar-refractivity contribution in [3.8, 4) is 0 Å². The van der Waals surface area contributed by atoms with E-state index in [0.29, 0.717) is 19.3 Å². The highest BCUT2D eigenvalue weighted by Crippen LogP contribution is 2.33. The SMILES string of the molecule is CCCCCC(O)c1cc2ccccc2nc1/C=C/[C@H]1OC(C)(C)O[C@H]1CCCC(=O)O. The Kier molecular flexibility index (Phi) is 8.40. The van der Waals surface area contributed by atoms with Crippen LogP contribution in [0.1, 0.15) is 83.1 Å². The molecule has 32 heavy (non-hydrogen) atoms. The van der Waals surface area contributed by atoms with Gasteiger partial charge in [-0.25, -0.2) is 4.98 Å². The average Bonchev–Trinajstić information content (AvgIpc) is 3.04. The highest BCUT2D eigenvalue weighted by molar-refractivity contribution is 5.81. The second-order valence-corrected chi connectivity index (χ2v) is 8.95. The molecule has 0 aliphatic carbocycles. The first-order chi connectivity index (χ1) is 15.3. The second-order valence-electron chi connectivity index (χ2n) is 8.95. The number of benzene rings is 1. The number of aliphatic hydroxyl groups excluding tert-OH is 1. The van der Waals surface area contributed by atoms with Gasteiger partial charge in [-0.2, -0.15) is 0 Å². The Morgan fingerprint density at radius 1 is 1.22 bits per heavy atom. The molecule has 6 heteroatoms. The maximum Gasteiger partial charge on any atom is 0.303 e. The van der Waals surface area contributed by atoms with Crippen LogP contribution < -0.4 is 0 Å². The largest absolute Gasteiger partial charge is 0.481 e. The van der Waals surface area contributed by atoms with Crippen molar-refractivity contribution < 1.29 is 24.5 Å². The van der Waals surface area contributed by atoms with Crippen molar-refractivity contribution >= 4 is 22.9 Å². The van der Waals surface area contributed by atoms with Crippen LogP contribution in [0.4, 0.5) is 0 Å². The topological polar surface area (TPSA) is 88.9 Å². The van der Waals surface area contributed by atoms with Crippen LogP contribution in [0.2, 0.25) is 0 Å². The fourth-order valence-corrected chi connectivity index (χ4v) is 4.18. The Balaban J connectivity index is 1.84. The minimum absolute atomic E-state index is 0.108. The van der Waals surface area contributed by atoms with Crippen molar-refractivity contribution in [2.24, 2.45) is 0 Å². The number of pyridine rings is 1. The third-order valence-electron chi connectivity index (χ3n) is 5.77. The summed E-state index contributed by atoms with van der Waals surface area (Å²) in [5.41, 5.74) is 2.42. The van der Waals surface area contributed by atoms with Gasteiger partial charge in [-0.05, 0) is 51.3 Å². The zero-order chi connectivity index (χ0) is 23.1. The van der Waals surface area contributed by atoms with E-state index in [2.05, 4.69) is 6.92 Å². The molecule has 1 aliphatic heterocycles. The Morgan fingerprint density at radius 2 is 2.00 bits per heavy atom. The molecule has 1 unspecified atom stereocenters. The molecular formula is C26H35NO5. The van der Waals surface area contributed by atoms with E-state index >= 15 is 0 Å². The predicted molar refractivity (Wildman–Crippen MR) is 125 cm³/mol. The number of unbranched alkanes of at least 4 members (excludes halogenated alkanes) is 2. The maximum absolute atomic E-state index is 10.9. The summed E-state index contributed by atoms with van der Waals surface area (Å²) in [6.07, 6.45) is 7.81. The summed E-state index contributed by atoms with van der Waals surface area (Å²) < 4.78 is 12.1. The first kappa shape index (κ1) is 24.4. The van der Waals surface area contributed by atoms with Gasteiger partial charge in [0.05, 0.1) is 23.4 Å². The first-order valence-electron chi connectivity index (χ1n) is 11.6. The van der Waals surface area contributed by atoms with Crippen molar-refractivity contribution in [1.29, 1.82) is 0 Å². The second kappa shape index (κ2) is 11.0. The zero-order valence-corrected chi connectivity index (χ0v) is 19.3. The van der Waals surface area contributed by atoms with Gasteiger partial charge in [0, 0.05) is 17.4 Å². The van der Waals surface area contributed by atoms with Crippen molar-refractivity contribution in [3.05, 3.63) is 47.7 Å². The normalized spacial score (nSPS) is 21.4. The van der Waals surface area contributed by atoms with Gasteiger partial charge in [0.15, 0.2) is 5.79 Å². The molecule has 2 aromatic rings. The van der Waals surface area contributed by atoms with E-state index in [0.717, 1.165) is 41.4 Å². The van der Waals surface area contributed by atoms with Gasteiger partial charge in [0.1, 0.15) is 6.10 Å². The van der Waals surface area contributed by atoms with E-state index in [4.69, 9.17) is 19.6 Å². The quantitative estimate of drug-likeness (QED) is 0.439. The van der Waals surface area contributed by atoms with Crippen LogP contribution in [0.15, 0.2) is 36.4 Å². The summed E-state index contributed by atoms with van der Waals surface area (Å²) >= 11 is 0. The van der Waals surface area contributed by atoms with Gasteiger partial charge in [-0.1, -0.05) is 50.5 Å². The molecule has 1 saturated heterocycles. The van der Waals surface area contributed by atoms with Crippen LogP contribution >= 0.6 is 0 Å². The Hall–Kier alpha value is -2.28. The molecule has 174 valence electrons. The number of hydrogen-bond donors (Lipinski definition) is 2. The van der Waals surface area contributed by atoms with Gasteiger partial charge in [0.2, 0.25) is 0 Å². The molecule has 3 rings (SSSR count). The number of nitrogens with zero attached hydrogens (tertiary/aromatic N) is 1. The molecule has 1 aromatic carbocycles. The number of hydrogen-bond acceptors (Lipinski definition) is 5. The third-order valence-corrected chi connectivity index (χ3v) is 5.77. The predicted octanol–water partition coefficient (Wildman–Crippen LogP) is 5.64. The number of aliphatic hydroxyl groups is 1. The van der Waals surface area contributed by atoms with Gasteiger partial charge in [-0.3, -0.25) is 4.79 Å². The molecule has 0 radical (unpaired) electrons. The van der Waals surface area contributed by atoms with E-state index in [-0.39, 0.29) is 18.6 Å². The maximum atomic E-state index is 10.9. The first-order valence-corrected chi connectivity index (χ1v) is 11.6. The smallest absolute Gasteiger partial charge is 0.303 e. The minimum atomic E-state index is -0.808. The number of para-hydroxylation sites is 1. The number of ether oxygens (including phenoxy) is 2. The van der Waals surface area contributed by atoms with Crippen LogP contribution in [0.3, 0.4) is 0 Å². The lowest BCUT2D eigenvalue weighted by molar-refractivity contribution is -0.143. The van der Waals surface area contributed by atoms with Crippen LogP contribution in [0, 0.1) is 0 Å². The molecule has 3 atom stereocenters. The molecule has 0 amide bonds. The summed E-state index contributed by atoms with van der Waals surface area (Å²) in [6.45, 7) is 5.88. The summed E-state index contributed by atoms with van der Waals surface area (Å²) in [4.78, 5) is 15.7. The molecule has 6 nitrogen and oxygen atoms in total. The molecule has 1 aromatic heterocycles. The lowest BCUT2D eigenvalue weighted by Gasteiger charge is -2.16. The van der Waals surface area contributed by atoms with E-state index < -0.39 is 17.9 Å². The number of carbonyl (C=O) groups is 1. The Labute approximate surface area is 190 Å². The third kappa shape index (κ3) is 6.61. The number of aromatic nitrogens is 1. The van der Waals surface area contributed by atoms with Crippen molar-refractivity contribution in [1.82, 2.24) is 4.98 Å². The molecular weight excluding hydrogens is 406 g/mol. The summed E-state index contributed by atoms with van der Waals surface area (Å²) in [7, 11) is 0. The van der Waals surface area contributed by atoms with Gasteiger partial charge >= 0.3 is 5.97 Å². The van der Waals surface area contributed by atoms with Crippen LogP contribution in [0.25, 0.3) is 17.0 Å². The van der Waals surface area contributed by atoms with Gasteiger partial charge in [0.25, 0.3) is 0 Å². The van der Waals surface area contributed by atoms with Gasteiger partial charge < -0.3 is 19.7 Å². The van der Waals surface area contributed by atoms with E-state index in [1.54, 1.807) is 0 Å². The van der Waals surface area contributed by atoms with Crippen LogP contribution in [-0.4, -0.2) is 39.2 Å². The number of aliphatic carboxylic acids is 1. The summed E-state index contributed by atoms with van der Waals surface area (Å²) in [6, 6.07) is 9.92. The zero-order valence-electron chi connectivity index (χ0n) is 19.3. The lowest BCUT2D eigenvalue weighted by atomic mass is 9.98. The number of carboxylic acids is 1. The molecule has 1 fully saturated rings. The highest BCUT2D eigenvalue weighted by Gasteiger charge is 2.39. The average molecular weight is 442 g/mol. The summed E-state index contributed by atoms with van der Waals surface area (Å²) in [5.74, 6) is -1.54. The van der Waals surface area contributed by atoms with Crippen LogP contribution in [-0.2, 0) is 14.3 Å². The molecule has 0 saturated carbocycles. The Morgan fingerprint density at radius 3 is 2.75 bits per heavy atom. The fraction of sp³-hybridized carbons (Fsp3) is 0.538. The number of carboxylic acid groups (broad SMARTS) is 1. The highest BCUT2D eigenvalue weighted by atomic mass is 16.7.